The second kappa shape index (κ2) is 5.70. The van der Waals surface area contributed by atoms with Crippen molar-refractivity contribution in [1.82, 2.24) is 5.32 Å². The van der Waals surface area contributed by atoms with E-state index in [1.54, 1.807) is 11.3 Å². The second-order valence-corrected chi connectivity index (χ2v) is 7.78. The monoisotopic (exact) mass is 381 g/mol. The van der Waals surface area contributed by atoms with E-state index < -0.39 is 0 Å². The Bertz CT molecular complexity index is 368. The van der Waals surface area contributed by atoms with Crippen LogP contribution < -0.4 is 5.32 Å². The molecule has 1 saturated heterocycles. The van der Waals surface area contributed by atoms with Gasteiger partial charge in [0.15, 0.2) is 0 Å². The van der Waals surface area contributed by atoms with E-state index in [1.807, 2.05) is 0 Å². The van der Waals surface area contributed by atoms with Gasteiger partial charge in [-0.2, -0.15) is 0 Å². The Morgan fingerprint density at radius 1 is 1.59 bits per heavy atom. The van der Waals surface area contributed by atoms with Crippen molar-refractivity contribution in [3.63, 3.8) is 0 Å². The highest BCUT2D eigenvalue weighted by Gasteiger charge is 2.39. The van der Waals surface area contributed by atoms with Crippen LogP contribution in [0, 0.1) is 0 Å². The van der Waals surface area contributed by atoms with Crippen LogP contribution in [-0.2, 0) is 4.74 Å². The minimum absolute atomic E-state index is 0.0697. The second-order valence-electron chi connectivity index (χ2n) is 4.53. The van der Waals surface area contributed by atoms with Crippen molar-refractivity contribution in [2.24, 2.45) is 0 Å². The molecule has 1 aliphatic rings. The predicted octanol–water partition coefficient (Wildman–Crippen LogP) is 4.49. The van der Waals surface area contributed by atoms with Gasteiger partial charge in [-0.25, -0.2) is 0 Å². The molecule has 0 saturated carbocycles. The fourth-order valence-electron chi connectivity index (χ4n) is 2.36. The topological polar surface area (TPSA) is 21.3 Å². The Morgan fingerprint density at radius 3 is 2.82 bits per heavy atom. The van der Waals surface area contributed by atoms with Gasteiger partial charge in [-0.15, -0.1) is 11.3 Å². The van der Waals surface area contributed by atoms with Gasteiger partial charge in [-0.05, 0) is 64.2 Å². The third-order valence-corrected chi connectivity index (χ3v) is 6.54. The molecule has 96 valence electrons. The molecule has 0 radical (unpaired) electrons. The molecule has 0 aromatic carbocycles. The van der Waals surface area contributed by atoms with Gasteiger partial charge in [0, 0.05) is 16.0 Å². The Labute approximate surface area is 123 Å². The van der Waals surface area contributed by atoms with E-state index in [4.69, 9.17) is 4.74 Å². The van der Waals surface area contributed by atoms with Gasteiger partial charge in [0.2, 0.25) is 0 Å². The highest BCUT2D eigenvalue weighted by Crippen LogP contribution is 2.43. The van der Waals surface area contributed by atoms with Crippen molar-refractivity contribution in [2.45, 2.75) is 38.3 Å². The molecule has 1 N–H and O–H groups in total. The molecule has 2 unspecified atom stereocenters. The van der Waals surface area contributed by atoms with E-state index in [-0.39, 0.29) is 11.6 Å². The molecule has 0 bridgehead atoms. The Balaban J connectivity index is 2.28. The summed E-state index contributed by atoms with van der Waals surface area (Å²) in [6.45, 7) is 6.20. The molecule has 0 spiro atoms. The van der Waals surface area contributed by atoms with Crippen molar-refractivity contribution in [2.75, 3.05) is 13.2 Å². The van der Waals surface area contributed by atoms with Crippen molar-refractivity contribution in [1.29, 1.82) is 0 Å². The van der Waals surface area contributed by atoms with Gasteiger partial charge in [0.05, 0.1) is 15.4 Å². The number of likely N-dealkylation sites (N-methyl/N-ethyl adjacent to an activating group) is 1. The molecule has 0 aliphatic carbocycles. The molecule has 17 heavy (non-hydrogen) atoms. The van der Waals surface area contributed by atoms with Crippen LogP contribution in [0.3, 0.4) is 0 Å². The van der Waals surface area contributed by atoms with Crippen LogP contribution in [0.25, 0.3) is 0 Å². The number of rotatable bonds is 4. The first-order valence-electron chi connectivity index (χ1n) is 5.89. The van der Waals surface area contributed by atoms with Crippen molar-refractivity contribution in [3.05, 3.63) is 19.2 Å². The number of hydrogen-bond donors (Lipinski definition) is 1. The molecule has 1 aromatic heterocycles. The van der Waals surface area contributed by atoms with Crippen LogP contribution in [0.2, 0.25) is 0 Å². The van der Waals surface area contributed by atoms with Crippen LogP contribution >= 0.6 is 43.2 Å². The maximum atomic E-state index is 5.97. The number of thiophene rings is 1. The maximum absolute atomic E-state index is 5.97. The van der Waals surface area contributed by atoms with Crippen LogP contribution in [0.4, 0.5) is 0 Å². The quantitative estimate of drug-likeness (QED) is 0.827. The summed E-state index contributed by atoms with van der Waals surface area (Å²) in [6, 6.07) is 2.47. The van der Waals surface area contributed by atoms with Crippen molar-refractivity contribution in [3.8, 4) is 0 Å². The van der Waals surface area contributed by atoms with E-state index in [2.05, 4.69) is 57.1 Å². The average Bonchev–Trinajstić information content (AvgIpc) is 2.84. The SMILES string of the molecule is CCNC(c1cc(Br)c(Br)s1)C1(C)CCCO1. The van der Waals surface area contributed by atoms with Crippen LogP contribution in [0.5, 0.6) is 0 Å². The van der Waals surface area contributed by atoms with Gasteiger partial charge < -0.3 is 10.1 Å². The average molecular weight is 383 g/mol. The first-order chi connectivity index (χ1) is 8.07. The summed E-state index contributed by atoms with van der Waals surface area (Å²) in [7, 11) is 0. The number of ether oxygens (including phenoxy) is 1. The lowest BCUT2D eigenvalue weighted by Gasteiger charge is -2.33. The van der Waals surface area contributed by atoms with E-state index in [0.717, 1.165) is 34.3 Å². The zero-order chi connectivity index (χ0) is 12.5. The highest BCUT2D eigenvalue weighted by molar-refractivity contribution is 9.13. The van der Waals surface area contributed by atoms with Gasteiger partial charge in [0.1, 0.15) is 0 Å². The Morgan fingerprint density at radius 2 is 2.35 bits per heavy atom. The minimum atomic E-state index is -0.0697. The lowest BCUT2D eigenvalue weighted by Crippen LogP contribution is -2.40. The molecule has 1 aliphatic heterocycles. The lowest BCUT2D eigenvalue weighted by atomic mass is 9.92. The lowest BCUT2D eigenvalue weighted by molar-refractivity contribution is -0.0111. The third-order valence-electron chi connectivity index (χ3n) is 3.22. The fourth-order valence-corrected chi connectivity index (χ4v) is 4.66. The molecule has 1 fully saturated rings. The molecular weight excluding hydrogens is 366 g/mol. The molecule has 2 rings (SSSR count). The molecule has 0 amide bonds. The van der Waals surface area contributed by atoms with Crippen LogP contribution in [0.15, 0.2) is 14.3 Å². The van der Waals surface area contributed by atoms with Gasteiger partial charge in [0.25, 0.3) is 0 Å². The zero-order valence-corrected chi connectivity index (χ0v) is 14.0. The third kappa shape index (κ3) is 2.95. The summed E-state index contributed by atoms with van der Waals surface area (Å²) in [4.78, 5) is 1.33. The molecule has 2 atom stereocenters. The first kappa shape index (κ1) is 14.0. The van der Waals surface area contributed by atoms with Gasteiger partial charge >= 0.3 is 0 Å². The normalized spacial score (nSPS) is 26.4. The number of hydrogen-bond acceptors (Lipinski definition) is 3. The fraction of sp³-hybridized carbons (Fsp3) is 0.667. The molecule has 5 heteroatoms. The summed E-state index contributed by atoms with van der Waals surface area (Å²) in [6.07, 6.45) is 2.28. The summed E-state index contributed by atoms with van der Waals surface area (Å²) < 4.78 is 8.25. The minimum Gasteiger partial charge on any atom is -0.373 e. The highest BCUT2D eigenvalue weighted by atomic mass is 79.9. The predicted molar refractivity (Wildman–Crippen MR) is 79.7 cm³/mol. The first-order valence-corrected chi connectivity index (χ1v) is 8.29. The van der Waals surface area contributed by atoms with E-state index in [0.29, 0.717) is 0 Å². The summed E-state index contributed by atoms with van der Waals surface area (Å²) in [5.74, 6) is 0. The van der Waals surface area contributed by atoms with E-state index >= 15 is 0 Å². The summed E-state index contributed by atoms with van der Waals surface area (Å²) in [5.41, 5.74) is -0.0697. The Kier molecular flexibility index (Phi) is 4.69. The van der Waals surface area contributed by atoms with E-state index in [9.17, 15) is 0 Å². The molecule has 1 aromatic rings. The summed E-state index contributed by atoms with van der Waals surface area (Å²) in [5, 5.41) is 3.57. The van der Waals surface area contributed by atoms with Gasteiger partial charge in [-0.1, -0.05) is 6.92 Å². The molecule has 2 heterocycles. The van der Waals surface area contributed by atoms with Crippen LogP contribution in [0.1, 0.15) is 37.6 Å². The molecule has 2 nitrogen and oxygen atoms in total. The largest absolute Gasteiger partial charge is 0.373 e. The number of halogens is 2. The number of nitrogens with one attached hydrogen (secondary N) is 1. The maximum Gasteiger partial charge on any atom is 0.0857 e. The van der Waals surface area contributed by atoms with Crippen molar-refractivity contribution >= 4 is 43.2 Å². The van der Waals surface area contributed by atoms with Crippen molar-refractivity contribution < 1.29 is 4.74 Å². The van der Waals surface area contributed by atoms with Crippen LogP contribution in [-0.4, -0.2) is 18.8 Å². The standard InChI is InChI=1S/C12H17Br2NOS/c1-3-15-10(12(2)5-4-6-16-12)9-7-8(13)11(14)17-9/h7,10,15H,3-6H2,1-2H3. The van der Waals surface area contributed by atoms with E-state index in [1.165, 1.54) is 4.88 Å². The summed E-state index contributed by atoms with van der Waals surface area (Å²) >= 11 is 8.90. The smallest absolute Gasteiger partial charge is 0.0857 e. The van der Waals surface area contributed by atoms with Gasteiger partial charge in [-0.3, -0.25) is 0 Å². The molecular formula is C12H17Br2NOS. The zero-order valence-electron chi connectivity index (χ0n) is 10.1. The Hall–Kier alpha value is 0.580.